The first kappa shape index (κ1) is 17.5. The van der Waals surface area contributed by atoms with E-state index in [4.69, 9.17) is 0 Å². The van der Waals surface area contributed by atoms with Crippen LogP contribution in [0.25, 0.3) is 17.0 Å². The van der Waals surface area contributed by atoms with Crippen LogP contribution in [0.3, 0.4) is 0 Å². The van der Waals surface area contributed by atoms with Crippen molar-refractivity contribution in [3.63, 3.8) is 0 Å². The first-order valence-electron chi connectivity index (χ1n) is 9.11. The summed E-state index contributed by atoms with van der Waals surface area (Å²) in [5.74, 6) is 0.835. The van der Waals surface area contributed by atoms with Crippen LogP contribution in [0.2, 0.25) is 0 Å². The number of anilines is 2. The van der Waals surface area contributed by atoms with Gasteiger partial charge in [0, 0.05) is 30.7 Å². The molecule has 10 nitrogen and oxygen atoms in total. The molecular formula is C18H17N9OS. The lowest BCUT2D eigenvalue weighted by atomic mass is 10.3. The Balaban J connectivity index is 1.18. The lowest BCUT2D eigenvalue weighted by Crippen LogP contribution is -2.39. The molecule has 5 rings (SSSR count). The van der Waals surface area contributed by atoms with Gasteiger partial charge in [-0.05, 0) is 30.7 Å². The number of rotatable bonds is 4. The number of carbonyl (C=O) groups excluding carboxylic acids is 1. The number of nitrogens with one attached hydrogen (secondary N) is 2. The fraction of sp³-hybridized carbons (Fsp3) is 0.222. The van der Waals surface area contributed by atoms with Crippen LogP contribution in [0.15, 0.2) is 48.2 Å². The predicted octanol–water partition coefficient (Wildman–Crippen LogP) is 2.04. The maximum Gasteiger partial charge on any atom is 0.321 e. The molecule has 2 amide bonds. The molecule has 0 radical (unpaired) electrons. The Kier molecular flexibility index (Phi) is 4.48. The highest BCUT2D eigenvalue weighted by molar-refractivity contribution is 7.14. The number of thiazole rings is 1. The van der Waals surface area contributed by atoms with Gasteiger partial charge in [0.2, 0.25) is 0 Å². The summed E-state index contributed by atoms with van der Waals surface area (Å²) in [6.07, 6.45) is 4.13. The highest BCUT2D eigenvalue weighted by atomic mass is 32.1. The van der Waals surface area contributed by atoms with Gasteiger partial charge >= 0.3 is 6.03 Å². The third-order valence-corrected chi connectivity index (χ3v) is 5.40. The van der Waals surface area contributed by atoms with Crippen molar-refractivity contribution in [3.05, 3.63) is 48.2 Å². The Morgan fingerprint density at radius 2 is 2.17 bits per heavy atom. The normalized spacial score (nSPS) is 16.3. The number of urea groups is 1. The molecule has 1 atom stereocenters. The molecule has 1 fully saturated rings. The van der Waals surface area contributed by atoms with Gasteiger partial charge in [-0.3, -0.25) is 10.3 Å². The molecule has 0 unspecified atom stereocenters. The second-order valence-corrected chi connectivity index (χ2v) is 7.47. The molecule has 11 heteroatoms. The Hall–Kier alpha value is -3.60. The van der Waals surface area contributed by atoms with Crippen LogP contribution in [-0.2, 0) is 0 Å². The zero-order valence-electron chi connectivity index (χ0n) is 15.3. The average molecular weight is 407 g/mol. The second-order valence-electron chi connectivity index (χ2n) is 6.61. The summed E-state index contributed by atoms with van der Waals surface area (Å²) in [5.41, 5.74) is 2.23. The maximum atomic E-state index is 12.4. The van der Waals surface area contributed by atoms with Crippen molar-refractivity contribution in [3.8, 4) is 11.4 Å². The van der Waals surface area contributed by atoms with E-state index >= 15 is 0 Å². The van der Waals surface area contributed by atoms with Crippen molar-refractivity contribution in [2.24, 2.45) is 0 Å². The molecule has 1 saturated heterocycles. The van der Waals surface area contributed by atoms with Crippen molar-refractivity contribution in [2.45, 2.75) is 12.5 Å². The summed E-state index contributed by atoms with van der Waals surface area (Å²) in [4.78, 5) is 23.2. The lowest BCUT2D eigenvalue weighted by molar-refractivity contribution is 0.249. The third-order valence-electron chi connectivity index (χ3n) is 4.65. The topological polar surface area (TPSA) is 113 Å². The predicted molar refractivity (Wildman–Crippen MR) is 109 cm³/mol. The largest absolute Gasteiger partial charge is 0.353 e. The number of pyridine rings is 1. The molecular weight excluding hydrogens is 390 g/mol. The summed E-state index contributed by atoms with van der Waals surface area (Å²) < 4.78 is 1.64. The Morgan fingerprint density at radius 1 is 1.21 bits per heavy atom. The molecule has 0 spiro atoms. The molecule has 2 N–H and O–H groups in total. The smallest absolute Gasteiger partial charge is 0.321 e. The van der Waals surface area contributed by atoms with Gasteiger partial charge in [-0.2, -0.15) is 4.52 Å². The molecule has 4 aromatic rings. The van der Waals surface area contributed by atoms with Crippen LogP contribution in [0.4, 0.5) is 15.7 Å². The van der Waals surface area contributed by atoms with Crippen LogP contribution in [-0.4, -0.2) is 54.9 Å². The molecule has 0 saturated carbocycles. The number of nitrogens with zero attached hydrogens (tertiary/aromatic N) is 7. The molecule has 1 aliphatic rings. The van der Waals surface area contributed by atoms with Crippen LogP contribution in [0.5, 0.6) is 0 Å². The summed E-state index contributed by atoms with van der Waals surface area (Å²) in [7, 11) is 0. The van der Waals surface area contributed by atoms with Crippen LogP contribution in [0.1, 0.15) is 6.42 Å². The number of hydrogen-bond donors (Lipinski definition) is 2. The monoisotopic (exact) mass is 407 g/mol. The summed E-state index contributed by atoms with van der Waals surface area (Å²) in [5, 5.41) is 20.5. The standard InChI is InChI=1S/C18H17N9OS/c28-17(23-18-22-14(10-29-18)13-3-1-2-7-19-13)21-12-6-8-26(9-12)16-5-4-15-24-20-11-27(15)25-16/h1-5,7,10-12H,6,8-9H2,(H2,21,22,23,28)/t12-/m0/s1. The fourth-order valence-electron chi connectivity index (χ4n) is 3.25. The average Bonchev–Trinajstić information content (AvgIpc) is 3.49. The lowest BCUT2D eigenvalue weighted by Gasteiger charge is -2.17. The van der Waals surface area contributed by atoms with Crippen molar-refractivity contribution < 1.29 is 4.79 Å². The van der Waals surface area contributed by atoms with E-state index in [1.165, 1.54) is 11.3 Å². The van der Waals surface area contributed by atoms with E-state index < -0.39 is 0 Å². The second kappa shape index (κ2) is 7.43. The zero-order valence-corrected chi connectivity index (χ0v) is 16.1. The van der Waals surface area contributed by atoms with Gasteiger partial charge in [0.25, 0.3) is 0 Å². The quantitative estimate of drug-likeness (QED) is 0.532. The van der Waals surface area contributed by atoms with Gasteiger partial charge < -0.3 is 10.2 Å². The molecule has 146 valence electrons. The van der Waals surface area contributed by atoms with E-state index in [1.54, 1.807) is 17.0 Å². The first-order chi connectivity index (χ1) is 14.2. The van der Waals surface area contributed by atoms with Gasteiger partial charge in [-0.25, -0.2) is 9.78 Å². The van der Waals surface area contributed by atoms with Crippen LogP contribution in [0, 0.1) is 0 Å². The van der Waals surface area contributed by atoms with E-state index in [-0.39, 0.29) is 12.1 Å². The third kappa shape index (κ3) is 3.72. The maximum absolute atomic E-state index is 12.4. The number of fused-ring (bicyclic) bond motifs is 1. The van der Waals surface area contributed by atoms with E-state index in [1.807, 2.05) is 35.7 Å². The van der Waals surface area contributed by atoms with Crippen molar-refractivity contribution in [1.29, 1.82) is 0 Å². The highest BCUT2D eigenvalue weighted by Gasteiger charge is 2.25. The molecule has 1 aliphatic heterocycles. The molecule has 0 aliphatic carbocycles. The van der Waals surface area contributed by atoms with Crippen LogP contribution >= 0.6 is 11.3 Å². The van der Waals surface area contributed by atoms with Crippen molar-refractivity contribution in [1.82, 2.24) is 35.1 Å². The number of amides is 2. The van der Waals surface area contributed by atoms with Gasteiger partial charge in [0.1, 0.15) is 17.8 Å². The minimum Gasteiger partial charge on any atom is -0.353 e. The summed E-state index contributed by atoms with van der Waals surface area (Å²) in [6, 6.07) is 9.21. The molecule has 5 heterocycles. The van der Waals surface area contributed by atoms with E-state index in [9.17, 15) is 4.79 Å². The molecule has 4 aromatic heterocycles. The van der Waals surface area contributed by atoms with Crippen LogP contribution < -0.4 is 15.5 Å². The molecule has 0 bridgehead atoms. The number of hydrogen-bond acceptors (Lipinski definition) is 8. The molecule has 0 aromatic carbocycles. The first-order valence-corrected chi connectivity index (χ1v) is 9.99. The minimum absolute atomic E-state index is 0.0311. The fourth-order valence-corrected chi connectivity index (χ4v) is 3.95. The van der Waals surface area contributed by atoms with Gasteiger partial charge in [-0.15, -0.1) is 26.6 Å². The minimum atomic E-state index is -0.263. The van der Waals surface area contributed by atoms with Gasteiger partial charge in [-0.1, -0.05) is 6.07 Å². The summed E-state index contributed by atoms with van der Waals surface area (Å²) >= 11 is 1.37. The van der Waals surface area contributed by atoms with Crippen molar-refractivity contribution >= 4 is 34.0 Å². The van der Waals surface area contributed by atoms with Gasteiger partial charge in [0.05, 0.1) is 5.69 Å². The molecule has 29 heavy (non-hydrogen) atoms. The Labute approximate surface area is 169 Å². The highest BCUT2D eigenvalue weighted by Crippen LogP contribution is 2.23. The SMILES string of the molecule is O=C(Nc1nc(-c2ccccn2)cs1)N[C@H]1CCN(c2ccc3nncn3n2)C1. The van der Waals surface area contributed by atoms with E-state index in [2.05, 4.69) is 40.8 Å². The van der Waals surface area contributed by atoms with Gasteiger partial charge in [0.15, 0.2) is 10.8 Å². The number of carbonyl (C=O) groups is 1. The Morgan fingerprint density at radius 3 is 3.07 bits per heavy atom. The zero-order chi connectivity index (χ0) is 19.6. The van der Waals surface area contributed by atoms with E-state index in [0.717, 1.165) is 30.2 Å². The van der Waals surface area contributed by atoms with Crippen molar-refractivity contribution in [2.75, 3.05) is 23.3 Å². The Bertz CT molecular complexity index is 1140. The summed E-state index contributed by atoms with van der Waals surface area (Å²) in [6.45, 7) is 1.50. The van der Waals surface area contributed by atoms with E-state index in [0.29, 0.717) is 17.3 Å². The number of aromatic nitrogens is 6.